The monoisotopic (exact) mass is 365 g/mol. The summed E-state index contributed by atoms with van der Waals surface area (Å²) in [7, 11) is 1.57. The largest absolute Gasteiger partial charge is 0.495 e. The molecule has 5 heteroatoms. The maximum atomic E-state index is 12.5. The first-order valence-corrected chi connectivity index (χ1v) is 8.71. The summed E-state index contributed by atoms with van der Waals surface area (Å²) in [6.07, 6.45) is 0. The SMILES string of the molecule is COc1ccc(C)cc1NC(=O)c1ccc(COc2c(C)cccc2C)o1. The average molecular weight is 365 g/mol. The number of hydrogen-bond donors (Lipinski definition) is 1. The van der Waals surface area contributed by atoms with Crippen molar-refractivity contribution in [2.45, 2.75) is 27.4 Å². The Balaban J connectivity index is 1.68. The van der Waals surface area contributed by atoms with E-state index in [2.05, 4.69) is 5.32 Å². The number of furan rings is 1. The zero-order valence-corrected chi connectivity index (χ0v) is 16.0. The predicted octanol–water partition coefficient (Wildman–Crippen LogP) is 5.04. The van der Waals surface area contributed by atoms with Gasteiger partial charge in [-0.15, -0.1) is 0 Å². The van der Waals surface area contributed by atoms with Crippen molar-refractivity contribution < 1.29 is 18.7 Å². The van der Waals surface area contributed by atoms with Crippen LogP contribution in [-0.2, 0) is 6.61 Å². The van der Waals surface area contributed by atoms with E-state index in [1.54, 1.807) is 19.2 Å². The van der Waals surface area contributed by atoms with Crippen LogP contribution in [0.5, 0.6) is 11.5 Å². The molecule has 3 rings (SSSR count). The normalized spacial score (nSPS) is 10.5. The van der Waals surface area contributed by atoms with E-state index in [4.69, 9.17) is 13.9 Å². The molecule has 0 aliphatic heterocycles. The van der Waals surface area contributed by atoms with E-state index in [0.717, 1.165) is 22.4 Å². The molecule has 1 N–H and O–H groups in total. The minimum absolute atomic E-state index is 0.221. The number of benzene rings is 2. The second-order valence-corrected chi connectivity index (χ2v) is 6.43. The maximum absolute atomic E-state index is 12.5. The number of aryl methyl sites for hydroxylation is 3. The van der Waals surface area contributed by atoms with Crippen molar-refractivity contribution in [3.05, 3.63) is 76.7 Å². The van der Waals surface area contributed by atoms with Crippen LogP contribution in [0, 0.1) is 20.8 Å². The topological polar surface area (TPSA) is 60.7 Å². The number of anilines is 1. The molecule has 0 radical (unpaired) electrons. The number of para-hydroxylation sites is 1. The number of methoxy groups -OCH3 is 1. The molecule has 3 aromatic rings. The smallest absolute Gasteiger partial charge is 0.291 e. The Morgan fingerprint density at radius 2 is 1.78 bits per heavy atom. The fourth-order valence-corrected chi connectivity index (χ4v) is 2.85. The summed E-state index contributed by atoms with van der Waals surface area (Å²) >= 11 is 0. The lowest BCUT2D eigenvalue weighted by molar-refractivity contribution is 0.0992. The van der Waals surface area contributed by atoms with Crippen molar-refractivity contribution in [2.24, 2.45) is 0 Å². The number of ether oxygens (including phenoxy) is 2. The van der Waals surface area contributed by atoms with E-state index in [1.165, 1.54) is 0 Å². The van der Waals surface area contributed by atoms with E-state index >= 15 is 0 Å². The van der Waals surface area contributed by atoms with E-state index in [-0.39, 0.29) is 18.3 Å². The van der Waals surface area contributed by atoms with Gasteiger partial charge in [0.2, 0.25) is 0 Å². The number of carbonyl (C=O) groups excluding carboxylic acids is 1. The van der Waals surface area contributed by atoms with Crippen LogP contribution in [0.2, 0.25) is 0 Å². The molecule has 1 heterocycles. The van der Waals surface area contributed by atoms with Crippen molar-refractivity contribution >= 4 is 11.6 Å². The van der Waals surface area contributed by atoms with Gasteiger partial charge in [-0.1, -0.05) is 24.3 Å². The molecule has 27 heavy (non-hydrogen) atoms. The van der Waals surface area contributed by atoms with Gasteiger partial charge >= 0.3 is 0 Å². The fraction of sp³-hybridized carbons (Fsp3) is 0.227. The standard InChI is InChI=1S/C22H23NO4/c1-14-8-10-19(25-4)18(12-14)23-22(24)20-11-9-17(27-20)13-26-21-15(2)6-5-7-16(21)3/h5-12H,13H2,1-4H3,(H,23,24). The van der Waals surface area contributed by atoms with Crippen LogP contribution >= 0.6 is 0 Å². The van der Waals surface area contributed by atoms with Gasteiger partial charge in [-0.2, -0.15) is 0 Å². The second kappa shape index (κ2) is 7.99. The first-order valence-electron chi connectivity index (χ1n) is 8.71. The van der Waals surface area contributed by atoms with E-state index in [1.807, 2.05) is 57.2 Å². The maximum Gasteiger partial charge on any atom is 0.291 e. The molecular formula is C22H23NO4. The van der Waals surface area contributed by atoms with Crippen molar-refractivity contribution in [1.29, 1.82) is 0 Å². The molecule has 0 saturated heterocycles. The van der Waals surface area contributed by atoms with E-state index in [0.29, 0.717) is 17.2 Å². The minimum atomic E-state index is -0.336. The van der Waals surface area contributed by atoms with Crippen LogP contribution in [0.1, 0.15) is 33.0 Å². The lowest BCUT2D eigenvalue weighted by atomic mass is 10.1. The van der Waals surface area contributed by atoms with Crippen LogP contribution in [0.3, 0.4) is 0 Å². The third-order valence-corrected chi connectivity index (χ3v) is 4.26. The van der Waals surface area contributed by atoms with Gasteiger partial charge in [0, 0.05) is 0 Å². The van der Waals surface area contributed by atoms with E-state index in [9.17, 15) is 4.79 Å². The molecule has 2 aromatic carbocycles. The van der Waals surface area contributed by atoms with Crippen molar-refractivity contribution in [2.75, 3.05) is 12.4 Å². The van der Waals surface area contributed by atoms with Crippen LogP contribution in [0.25, 0.3) is 0 Å². The Bertz CT molecular complexity index is 938. The molecular weight excluding hydrogens is 342 g/mol. The summed E-state index contributed by atoms with van der Waals surface area (Å²) in [5.74, 6) is 1.90. The Morgan fingerprint density at radius 1 is 1.04 bits per heavy atom. The first-order chi connectivity index (χ1) is 13.0. The zero-order chi connectivity index (χ0) is 19.4. The van der Waals surface area contributed by atoms with Gasteiger partial charge in [0.15, 0.2) is 5.76 Å². The molecule has 5 nitrogen and oxygen atoms in total. The van der Waals surface area contributed by atoms with Crippen LogP contribution in [0.4, 0.5) is 5.69 Å². The highest BCUT2D eigenvalue weighted by atomic mass is 16.5. The summed E-state index contributed by atoms with van der Waals surface area (Å²) in [5, 5.41) is 2.83. The molecule has 0 bridgehead atoms. The van der Waals surface area contributed by atoms with Crippen LogP contribution in [-0.4, -0.2) is 13.0 Å². The molecule has 0 atom stereocenters. The Morgan fingerprint density at radius 3 is 2.48 bits per heavy atom. The lowest BCUT2D eigenvalue weighted by Gasteiger charge is -2.11. The quantitative estimate of drug-likeness (QED) is 0.664. The molecule has 0 aliphatic rings. The third kappa shape index (κ3) is 4.31. The predicted molar refractivity (Wildman–Crippen MR) is 105 cm³/mol. The van der Waals surface area contributed by atoms with Gasteiger partial charge in [0.05, 0.1) is 12.8 Å². The summed E-state index contributed by atoms with van der Waals surface area (Å²) in [5.41, 5.74) is 3.75. The second-order valence-electron chi connectivity index (χ2n) is 6.43. The van der Waals surface area contributed by atoms with Gasteiger partial charge in [-0.3, -0.25) is 4.79 Å². The molecule has 0 saturated carbocycles. The lowest BCUT2D eigenvalue weighted by Crippen LogP contribution is -2.12. The fourth-order valence-electron chi connectivity index (χ4n) is 2.85. The highest BCUT2D eigenvalue weighted by Gasteiger charge is 2.15. The summed E-state index contributed by atoms with van der Waals surface area (Å²) < 4.78 is 16.8. The summed E-state index contributed by atoms with van der Waals surface area (Å²) in [6, 6.07) is 15.0. The van der Waals surface area contributed by atoms with Crippen molar-refractivity contribution in [3.8, 4) is 11.5 Å². The van der Waals surface area contributed by atoms with Gasteiger partial charge < -0.3 is 19.2 Å². The number of nitrogens with one attached hydrogen (secondary N) is 1. The molecule has 140 valence electrons. The Labute approximate surface area is 158 Å². The highest BCUT2D eigenvalue weighted by molar-refractivity contribution is 6.03. The minimum Gasteiger partial charge on any atom is -0.495 e. The van der Waals surface area contributed by atoms with Gasteiger partial charge in [0.1, 0.15) is 23.9 Å². The van der Waals surface area contributed by atoms with Gasteiger partial charge in [-0.05, 0) is 61.7 Å². The Kier molecular flexibility index (Phi) is 5.50. The summed E-state index contributed by atoms with van der Waals surface area (Å²) in [4.78, 5) is 12.5. The van der Waals surface area contributed by atoms with Crippen LogP contribution < -0.4 is 14.8 Å². The number of rotatable bonds is 6. The average Bonchev–Trinajstić information content (AvgIpc) is 3.11. The molecule has 1 aromatic heterocycles. The van der Waals surface area contributed by atoms with Crippen LogP contribution in [0.15, 0.2) is 52.9 Å². The molecule has 1 amide bonds. The molecule has 0 fully saturated rings. The van der Waals surface area contributed by atoms with Gasteiger partial charge in [-0.25, -0.2) is 0 Å². The van der Waals surface area contributed by atoms with E-state index < -0.39 is 0 Å². The molecule has 0 aliphatic carbocycles. The van der Waals surface area contributed by atoms with Crippen molar-refractivity contribution in [3.63, 3.8) is 0 Å². The number of amides is 1. The highest BCUT2D eigenvalue weighted by Crippen LogP contribution is 2.26. The molecule has 0 spiro atoms. The number of carbonyl (C=O) groups is 1. The third-order valence-electron chi connectivity index (χ3n) is 4.26. The van der Waals surface area contributed by atoms with Crippen molar-refractivity contribution in [1.82, 2.24) is 0 Å². The Hall–Kier alpha value is -3.21. The summed E-state index contributed by atoms with van der Waals surface area (Å²) in [6.45, 7) is 6.20. The van der Waals surface area contributed by atoms with Gasteiger partial charge in [0.25, 0.3) is 5.91 Å². The zero-order valence-electron chi connectivity index (χ0n) is 16.0. The molecule has 0 unspecified atom stereocenters. The number of hydrogen-bond acceptors (Lipinski definition) is 4. The first kappa shape index (κ1) is 18.6.